The van der Waals surface area contributed by atoms with Crippen molar-refractivity contribution in [3.05, 3.63) is 41.0 Å². The molecule has 1 aromatic heterocycles. The Labute approximate surface area is 283 Å². The molecule has 1 saturated carbocycles. The maximum Gasteiger partial charge on any atom is 0.243 e. The predicted octanol–water partition coefficient (Wildman–Crippen LogP) is 9.11. The van der Waals surface area contributed by atoms with E-state index >= 15 is 0 Å². The van der Waals surface area contributed by atoms with Gasteiger partial charge in [0.15, 0.2) is 0 Å². The molecule has 1 aliphatic heterocycles. The third kappa shape index (κ3) is 8.06. The summed E-state index contributed by atoms with van der Waals surface area (Å²) in [4.78, 5) is 35.8. The molecule has 0 bridgehead atoms. The van der Waals surface area contributed by atoms with Gasteiger partial charge in [-0.25, -0.2) is 4.98 Å². The van der Waals surface area contributed by atoms with Crippen molar-refractivity contribution in [3.63, 3.8) is 0 Å². The van der Waals surface area contributed by atoms with E-state index in [1.165, 1.54) is 19.3 Å². The summed E-state index contributed by atoms with van der Waals surface area (Å²) in [6, 6.07) is 7.34. The molecule has 6 atom stereocenters. The van der Waals surface area contributed by atoms with E-state index < -0.39 is 12.1 Å². The molecule has 2 aromatic rings. The summed E-state index contributed by atoms with van der Waals surface area (Å²) in [5.41, 5.74) is 5.01. The third-order valence-corrected chi connectivity index (χ3v) is 12.7. The molecule has 6 nitrogen and oxygen atoms in total. The van der Waals surface area contributed by atoms with E-state index in [0.717, 1.165) is 53.8 Å². The van der Waals surface area contributed by atoms with Crippen LogP contribution in [-0.4, -0.2) is 45.5 Å². The number of aryl methyl sites for hydroxylation is 1. The van der Waals surface area contributed by atoms with E-state index in [1.807, 2.05) is 31.5 Å². The van der Waals surface area contributed by atoms with Crippen LogP contribution in [0.3, 0.4) is 0 Å². The Balaban J connectivity index is 1.53. The number of thiazole rings is 1. The number of β-amino-alcohol motifs (C(OH)–C–C–N with tert-alkyl or cyclic N) is 1. The molecule has 1 aliphatic carbocycles. The Hall–Kier alpha value is -2.25. The first-order valence-corrected chi connectivity index (χ1v) is 18.5. The van der Waals surface area contributed by atoms with Crippen LogP contribution in [0.5, 0.6) is 0 Å². The fourth-order valence-electron chi connectivity index (χ4n) is 8.47. The lowest BCUT2D eigenvalue weighted by atomic mass is 9.57. The first-order valence-electron chi connectivity index (χ1n) is 17.7. The lowest BCUT2D eigenvalue weighted by Crippen LogP contribution is -2.54. The van der Waals surface area contributed by atoms with Gasteiger partial charge in [-0.05, 0) is 72.3 Å². The third-order valence-electron chi connectivity index (χ3n) is 11.7. The first kappa shape index (κ1) is 36.6. The van der Waals surface area contributed by atoms with E-state index in [4.69, 9.17) is 0 Å². The zero-order valence-corrected chi connectivity index (χ0v) is 31.2. The molecule has 2 fully saturated rings. The molecule has 4 rings (SSSR count). The van der Waals surface area contributed by atoms with Crippen molar-refractivity contribution in [2.75, 3.05) is 6.54 Å². The van der Waals surface area contributed by atoms with E-state index in [0.29, 0.717) is 0 Å². The summed E-state index contributed by atoms with van der Waals surface area (Å²) in [6.07, 6.45) is 8.60. The highest BCUT2D eigenvalue weighted by Gasteiger charge is 2.51. The Morgan fingerprint density at radius 2 is 1.59 bits per heavy atom. The minimum atomic E-state index is -0.707. The quantitative estimate of drug-likeness (QED) is 0.326. The molecule has 0 spiro atoms. The van der Waals surface area contributed by atoms with Crippen LogP contribution >= 0.6 is 11.3 Å². The van der Waals surface area contributed by atoms with Crippen LogP contribution in [0, 0.1) is 34.5 Å². The summed E-state index contributed by atoms with van der Waals surface area (Å²) >= 11 is 1.62. The molecule has 256 valence electrons. The average Bonchev–Trinajstić information content (AvgIpc) is 3.56. The number of hydrogen-bond donors (Lipinski definition) is 2. The van der Waals surface area contributed by atoms with Crippen LogP contribution in [0.2, 0.25) is 0 Å². The number of hydrogen-bond acceptors (Lipinski definition) is 5. The van der Waals surface area contributed by atoms with Gasteiger partial charge in [-0.1, -0.05) is 105 Å². The van der Waals surface area contributed by atoms with Crippen LogP contribution in [0.1, 0.15) is 137 Å². The largest absolute Gasteiger partial charge is 0.391 e. The second-order valence-electron chi connectivity index (χ2n) is 17.2. The highest BCUT2D eigenvalue weighted by molar-refractivity contribution is 7.13. The molecule has 1 aromatic carbocycles. The fourth-order valence-corrected chi connectivity index (χ4v) is 9.28. The van der Waals surface area contributed by atoms with Crippen LogP contribution in [0.25, 0.3) is 10.4 Å². The minimum absolute atomic E-state index is 0.0271. The van der Waals surface area contributed by atoms with E-state index in [2.05, 4.69) is 77.8 Å². The molecule has 1 saturated heterocycles. The van der Waals surface area contributed by atoms with Crippen molar-refractivity contribution in [1.29, 1.82) is 0 Å². The average molecular weight is 652 g/mol. The molecule has 0 radical (unpaired) electrons. The summed E-state index contributed by atoms with van der Waals surface area (Å²) < 4.78 is 0. The number of aromatic nitrogens is 1. The first-order chi connectivity index (χ1) is 21.4. The number of likely N-dealkylation sites (tertiary alicyclic amines) is 1. The minimum Gasteiger partial charge on any atom is -0.391 e. The van der Waals surface area contributed by atoms with Crippen molar-refractivity contribution in [2.45, 2.75) is 145 Å². The number of nitrogens with zero attached hydrogens (tertiary/aromatic N) is 2. The van der Waals surface area contributed by atoms with E-state index in [-0.39, 0.29) is 58.4 Å². The van der Waals surface area contributed by atoms with Crippen LogP contribution in [0.4, 0.5) is 0 Å². The maximum atomic E-state index is 14.8. The van der Waals surface area contributed by atoms with Crippen molar-refractivity contribution in [1.82, 2.24) is 15.2 Å². The molecule has 2 heterocycles. The lowest BCUT2D eigenvalue weighted by molar-refractivity contribution is -0.151. The van der Waals surface area contributed by atoms with Gasteiger partial charge < -0.3 is 15.3 Å². The normalized spacial score (nSPS) is 28.0. The number of carbonyl (C=O) groups is 2. The SMILES string of the molecule is Cc1ncsc1-c1ccc([C@H](C)NC(=O)[C@@H]2C[C@@H](O)CN2C(=O)C(C(C)(C)C)C2(C)CCCCCC(C)(C(C)(C)C)CCC2)cc1. The molecule has 2 N–H and O–H groups in total. The van der Waals surface area contributed by atoms with Crippen LogP contribution in [0.15, 0.2) is 29.8 Å². The van der Waals surface area contributed by atoms with Gasteiger partial charge in [0.2, 0.25) is 11.8 Å². The van der Waals surface area contributed by atoms with Crippen LogP contribution in [-0.2, 0) is 9.59 Å². The summed E-state index contributed by atoms with van der Waals surface area (Å²) in [7, 11) is 0. The number of rotatable bonds is 6. The van der Waals surface area contributed by atoms with Crippen molar-refractivity contribution in [3.8, 4) is 10.4 Å². The molecular weight excluding hydrogens is 591 g/mol. The molecule has 2 amide bonds. The Morgan fingerprint density at radius 3 is 2.17 bits per heavy atom. The smallest absolute Gasteiger partial charge is 0.243 e. The predicted molar refractivity (Wildman–Crippen MR) is 191 cm³/mol. The highest BCUT2D eigenvalue weighted by Crippen LogP contribution is 2.52. The number of benzene rings is 1. The van der Waals surface area contributed by atoms with Gasteiger partial charge in [-0.3, -0.25) is 9.59 Å². The number of amides is 2. The highest BCUT2D eigenvalue weighted by atomic mass is 32.1. The Kier molecular flexibility index (Phi) is 11.2. The topological polar surface area (TPSA) is 82.5 Å². The number of nitrogens with one attached hydrogen (secondary N) is 1. The van der Waals surface area contributed by atoms with E-state index in [9.17, 15) is 14.7 Å². The molecular formula is C39H61N3O3S. The molecule has 7 heteroatoms. The van der Waals surface area contributed by atoms with Gasteiger partial charge in [-0.2, -0.15) is 0 Å². The van der Waals surface area contributed by atoms with Gasteiger partial charge in [0.05, 0.1) is 28.2 Å². The van der Waals surface area contributed by atoms with Crippen molar-refractivity contribution < 1.29 is 14.7 Å². The Bertz CT molecular complexity index is 1340. The van der Waals surface area contributed by atoms with Crippen molar-refractivity contribution in [2.24, 2.45) is 27.6 Å². The zero-order valence-electron chi connectivity index (χ0n) is 30.3. The monoisotopic (exact) mass is 651 g/mol. The number of aliphatic hydroxyl groups excluding tert-OH is 1. The lowest BCUT2D eigenvalue weighted by Gasteiger charge is -2.48. The Morgan fingerprint density at radius 1 is 0.978 bits per heavy atom. The molecule has 2 aliphatic rings. The van der Waals surface area contributed by atoms with Gasteiger partial charge in [0.25, 0.3) is 0 Å². The second-order valence-corrected chi connectivity index (χ2v) is 18.0. The van der Waals surface area contributed by atoms with E-state index in [1.54, 1.807) is 16.2 Å². The zero-order chi connectivity index (χ0) is 34.1. The van der Waals surface area contributed by atoms with Crippen LogP contribution < -0.4 is 5.32 Å². The fraction of sp³-hybridized carbons (Fsp3) is 0.718. The van der Waals surface area contributed by atoms with Crippen molar-refractivity contribution >= 4 is 23.2 Å². The standard InChI is InChI=1S/C39H61N3O3S/c1-26(28-15-17-29(18-16-28)32-27(2)40-25-46-32)41-34(44)31-23-30(43)24-42(31)35(45)33(36(3,4)5)38(9)19-12-11-13-21-39(10,22-14-20-38)37(6,7)8/h15-18,25-26,30-31,33,43H,11-14,19-24H2,1-10H3,(H,41,44)/t26-,30+,31-,33?,38?,39?/m0/s1. The van der Waals surface area contributed by atoms with Gasteiger partial charge in [-0.15, -0.1) is 11.3 Å². The van der Waals surface area contributed by atoms with Gasteiger partial charge >= 0.3 is 0 Å². The number of aliphatic hydroxyl groups is 1. The molecule has 3 unspecified atom stereocenters. The summed E-state index contributed by atoms with van der Waals surface area (Å²) in [5, 5.41) is 14.0. The maximum absolute atomic E-state index is 14.8. The summed E-state index contributed by atoms with van der Waals surface area (Å²) in [5.74, 6) is -0.412. The number of carbonyl (C=O) groups excluding carboxylic acids is 2. The molecule has 46 heavy (non-hydrogen) atoms. The second kappa shape index (κ2) is 14.1. The van der Waals surface area contributed by atoms with Gasteiger partial charge in [0, 0.05) is 18.9 Å². The summed E-state index contributed by atoms with van der Waals surface area (Å²) in [6.45, 7) is 22.7. The van der Waals surface area contributed by atoms with Gasteiger partial charge in [0.1, 0.15) is 6.04 Å².